The third-order valence-electron chi connectivity index (χ3n) is 3.68. The molecule has 0 radical (unpaired) electrons. The van der Waals surface area contributed by atoms with E-state index in [0.29, 0.717) is 36.1 Å². The fraction of sp³-hybridized carbons (Fsp3) is 0.316. The van der Waals surface area contributed by atoms with Gasteiger partial charge in [0.15, 0.2) is 0 Å². The lowest BCUT2D eigenvalue weighted by molar-refractivity contribution is 0.0779. The Morgan fingerprint density at radius 3 is 2.76 bits per heavy atom. The Morgan fingerprint density at radius 2 is 2.04 bits per heavy atom. The summed E-state index contributed by atoms with van der Waals surface area (Å²) in [5.74, 6) is 0.618. The lowest BCUT2D eigenvalue weighted by Gasteiger charge is -2.17. The number of methoxy groups -OCH3 is 1. The zero-order valence-electron chi connectivity index (χ0n) is 14.3. The Kier molecular flexibility index (Phi) is 7.75. The van der Waals surface area contributed by atoms with Gasteiger partial charge in [0.05, 0.1) is 0 Å². The van der Waals surface area contributed by atoms with Crippen molar-refractivity contribution in [2.75, 3.05) is 27.3 Å². The first kappa shape index (κ1) is 19.8. The van der Waals surface area contributed by atoms with Gasteiger partial charge in [0, 0.05) is 47.9 Å². The molecule has 0 atom stereocenters. The average Bonchev–Trinajstić information content (AvgIpc) is 2.60. The monoisotopic (exact) mass is 425 g/mol. The van der Waals surface area contributed by atoms with Crippen molar-refractivity contribution in [2.45, 2.75) is 13.0 Å². The lowest BCUT2D eigenvalue weighted by Crippen LogP contribution is -2.28. The molecule has 1 amide bonds. The molecular weight excluding hydrogens is 406 g/mol. The van der Waals surface area contributed by atoms with Crippen molar-refractivity contribution in [1.82, 2.24) is 4.90 Å². The van der Waals surface area contributed by atoms with Gasteiger partial charge in [0.2, 0.25) is 0 Å². The largest absolute Gasteiger partial charge is 0.489 e. The predicted molar refractivity (Wildman–Crippen MR) is 103 cm³/mol. The van der Waals surface area contributed by atoms with Crippen molar-refractivity contribution >= 4 is 33.4 Å². The number of rotatable bonds is 8. The SMILES string of the molecule is COCCCN(C)C(=O)c1cccc(OCc2ccc(Cl)cc2Br)c1. The first-order chi connectivity index (χ1) is 12.0. The van der Waals surface area contributed by atoms with Crippen LogP contribution in [0.3, 0.4) is 0 Å². The second-order valence-corrected chi connectivity index (χ2v) is 6.92. The van der Waals surface area contributed by atoms with E-state index < -0.39 is 0 Å². The minimum Gasteiger partial charge on any atom is -0.489 e. The van der Waals surface area contributed by atoms with Crippen LogP contribution in [0.1, 0.15) is 22.3 Å². The van der Waals surface area contributed by atoms with Gasteiger partial charge >= 0.3 is 0 Å². The summed E-state index contributed by atoms with van der Waals surface area (Å²) in [6.07, 6.45) is 0.805. The second kappa shape index (κ2) is 9.80. The van der Waals surface area contributed by atoms with Gasteiger partial charge in [-0.2, -0.15) is 0 Å². The van der Waals surface area contributed by atoms with E-state index in [1.165, 1.54) is 0 Å². The van der Waals surface area contributed by atoms with Gasteiger partial charge in [0.25, 0.3) is 5.91 Å². The van der Waals surface area contributed by atoms with Crippen LogP contribution in [0.25, 0.3) is 0 Å². The van der Waals surface area contributed by atoms with Gasteiger partial charge in [-0.1, -0.05) is 39.7 Å². The second-order valence-electron chi connectivity index (χ2n) is 5.63. The molecule has 2 aromatic carbocycles. The van der Waals surface area contributed by atoms with E-state index in [9.17, 15) is 4.79 Å². The molecule has 2 aromatic rings. The Labute approximate surface area is 161 Å². The van der Waals surface area contributed by atoms with E-state index in [1.807, 2.05) is 30.3 Å². The average molecular weight is 427 g/mol. The zero-order valence-corrected chi connectivity index (χ0v) is 16.6. The first-order valence-electron chi connectivity index (χ1n) is 7.92. The Hall–Kier alpha value is -1.56. The summed E-state index contributed by atoms with van der Waals surface area (Å²) < 4.78 is 11.7. The van der Waals surface area contributed by atoms with Crippen LogP contribution in [0.5, 0.6) is 5.75 Å². The minimum atomic E-state index is -0.0331. The number of carbonyl (C=O) groups excluding carboxylic acids is 1. The molecule has 4 nitrogen and oxygen atoms in total. The quantitative estimate of drug-likeness (QED) is 0.570. The fourth-order valence-corrected chi connectivity index (χ4v) is 3.08. The molecule has 25 heavy (non-hydrogen) atoms. The lowest BCUT2D eigenvalue weighted by atomic mass is 10.2. The Morgan fingerprint density at radius 1 is 1.24 bits per heavy atom. The van der Waals surface area contributed by atoms with E-state index in [4.69, 9.17) is 21.1 Å². The molecule has 0 heterocycles. The van der Waals surface area contributed by atoms with Gasteiger partial charge in [-0.15, -0.1) is 0 Å². The van der Waals surface area contributed by atoms with Crippen LogP contribution in [-0.4, -0.2) is 38.1 Å². The summed E-state index contributed by atoms with van der Waals surface area (Å²) in [4.78, 5) is 14.2. The molecule has 0 spiro atoms. The van der Waals surface area contributed by atoms with Gasteiger partial charge in [0.1, 0.15) is 12.4 Å². The van der Waals surface area contributed by atoms with Crippen molar-refractivity contribution < 1.29 is 14.3 Å². The molecule has 0 N–H and O–H groups in total. The molecule has 0 saturated carbocycles. The van der Waals surface area contributed by atoms with E-state index >= 15 is 0 Å². The third kappa shape index (κ3) is 6.03. The topological polar surface area (TPSA) is 38.8 Å². The van der Waals surface area contributed by atoms with Gasteiger partial charge in [-0.25, -0.2) is 0 Å². The number of hydrogen-bond acceptors (Lipinski definition) is 3. The molecule has 0 aliphatic carbocycles. The smallest absolute Gasteiger partial charge is 0.253 e. The van der Waals surface area contributed by atoms with Crippen molar-refractivity contribution in [1.29, 1.82) is 0 Å². The maximum absolute atomic E-state index is 12.5. The first-order valence-corrected chi connectivity index (χ1v) is 9.09. The fourth-order valence-electron chi connectivity index (χ4n) is 2.29. The summed E-state index contributed by atoms with van der Waals surface area (Å²) in [6, 6.07) is 12.8. The maximum Gasteiger partial charge on any atom is 0.253 e. The number of hydrogen-bond donors (Lipinski definition) is 0. The molecule has 6 heteroatoms. The highest BCUT2D eigenvalue weighted by molar-refractivity contribution is 9.10. The minimum absolute atomic E-state index is 0.0331. The van der Waals surface area contributed by atoms with Crippen molar-refractivity contribution in [3.05, 3.63) is 63.1 Å². The molecule has 0 fully saturated rings. The van der Waals surface area contributed by atoms with E-state index in [2.05, 4.69) is 15.9 Å². The molecular formula is C19H21BrClNO3. The highest BCUT2D eigenvalue weighted by Gasteiger charge is 2.12. The predicted octanol–water partition coefficient (Wildman–Crippen LogP) is 4.79. The number of halogens is 2. The number of amides is 1. The number of benzene rings is 2. The summed E-state index contributed by atoms with van der Waals surface area (Å²) >= 11 is 9.42. The molecule has 2 rings (SSSR count). The van der Waals surface area contributed by atoms with Crippen LogP contribution in [0, 0.1) is 0 Å². The van der Waals surface area contributed by atoms with Gasteiger partial charge in [-0.05, 0) is 36.8 Å². The van der Waals surface area contributed by atoms with Crippen LogP contribution in [-0.2, 0) is 11.3 Å². The van der Waals surface area contributed by atoms with Crippen LogP contribution in [0.15, 0.2) is 46.9 Å². The van der Waals surface area contributed by atoms with Crippen LogP contribution in [0.2, 0.25) is 5.02 Å². The molecule has 0 aromatic heterocycles. The summed E-state index contributed by atoms with van der Waals surface area (Å²) in [5.41, 5.74) is 1.59. The van der Waals surface area contributed by atoms with Crippen LogP contribution < -0.4 is 4.74 Å². The highest BCUT2D eigenvalue weighted by Crippen LogP contribution is 2.23. The van der Waals surface area contributed by atoms with Crippen molar-refractivity contribution in [3.8, 4) is 5.75 Å². The highest BCUT2D eigenvalue weighted by atomic mass is 79.9. The zero-order chi connectivity index (χ0) is 18.2. The molecule has 0 aliphatic heterocycles. The third-order valence-corrected chi connectivity index (χ3v) is 4.65. The number of carbonyl (C=O) groups is 1. The standard InChI is InChI=1S/C19H21BrClNO3/c1-22(9-4-10-24-2)19(23)14-5-3-6-17(11-14)25-13-15-7-8-16(21)12-18(15)20/h3,5-8,11-12H,4,9-10,13H2,1-2H3. The summed E-state index contributed by atoms with van der Waals surface area (Å²) in [5, 5.41) is 0.666. The molecule has 134 valence electrons. The van der Waals surface area contributed by atoms with Gasteiger partial charge < -0.3 is 14.4 Å². The van der Waals surface area contributed by atoms with E-state index in [-0.39, 0.29) is 5.91 Å². The Balaban J connectivity index is 1.99. The number of nitrogens with zero attached hydrogens (tertiary/aromatic N) is 1. The number of ether oxygens (including phenoxy) is 2. The Bertz CT molecular complexity index is 724. The van der Waals surface area contributed by atoms with Crippen LogP contribution in [0.4, 0.5) is 0 Å². The van der Waals surface area contributed by atoms with Crippen molar-refractivity contribution in [3.63, 3.8) is 0 Å². The van der Waals surface area contributed by atoms with E-state index in [1.54, 1.807) is 31.2 Å². The molecule has 0 unspecified atom stereocenters. The molecule has 0 bridgehead atoms. The normalized spacial score (nSPS) is 10.6. The molecule has 0 saturated heterocycles. The summed E-state index contributed by atoms with van der Waals surface area (Å²) in [6.45, 7) is 1.67. The van der Waals surface area contributed by atoms with Crippen LogP contribution >= 0.6 is 27.5 Å². The van der Waals surface area contributed by atoms with Gasteiger partial charge in [-0.3, -0.25) is 4.79 Å². The van der Waals surface area contributed by atoms with Crippen molar-refractivity contribution in [2.24, 2.45) is 0 Å². The maximum atomic E-state index is 12.5. The molecule has 0 aliphatic rings. The summed E-state index contributed by atoms with van der Waals surface area (Å²) in [7, 11) is 3.44. The van der Waals surface area contributed by atoms with E-state index in [0.717, 1.165) is 16.5 Å².